The van der Waals surface area contributed by atoms with E-state index in [1.54, 1.807) is 11.6 Å². The zero-order chi connectivity index (χ0) is 19.3. The number of para-hydroxylation sites is 1. The molecule has 5 rings (SSSR count). The van der Waals surface area contributed by atoms with Crippen LogP contribution in [0.25, 0.3) is 22.0 Å². The Hall–Kier alpha value is -3.66. The number of nitrogens with one attached hydrogen (secondary N) is 1. The number of nitrogens with zero attached hydrogens (tertiary/aromatic N) is 1. The van der Waals surface area contributed by atoms with Crippen LogP contribution in [0.15, 0.2) is 77.6 Å². The molecule has 1 aromatic heterocycles. The molecule has 0 atom stereocenters. The molecule has 0 spiro atoms. The van der Waals surface area contributed by atoms with E-state index in [1.165, 1.54) is 28.3 Å². The highest BCUT2D eigenvalue weighted by atomic mass is 16.2. The summed E-state index contributed by atoms with van der Waals surface area (Å²) in [5, 5.41) is 3.73. The second-order valence-corrected chi connectivity index (χ2v) is 7.13. The van der Waals surface area contributed by atoms with Crippen LogP contribution in [0.5, 0.6) is 0 Å². The first-order valence-corrected chi connectivity index (χ1v) is 9.23. The molecule has 0 unspecified atom stereocenters. The average Bonchev–Trinajstić information content (AvgIpc) is 3.08. The topological polar surface area (TPSA) is 51.1 Å². The van der Waals surface area contributed by atoms with Gasteiger partial charge < -0.3 is 9.88 Å². The standard InChI is InChI=1S/C24H18N2O2/c1-26-22-9-5-4-8-20(22)21(14-23(26)27)24(28)25-17-10-11-19-16(13-17)12-15-6-2-3-7-18(15)19/h2-11,13-14H,12H2,1H3,(H,25,28). The Kier molecular flexibility index (Phi) is 3.66. The molecular weight excluding hydrogens is 348 g/mol. The van der Waals surface area contributed by atoms with Gasteiger partial charge in [-0.05, 0) is 46.9 Å². The van der Waals surface area contributed by atoms with Crippen molar-refractivity contribution in [3.63, 3.8) is 0 Å². The van der Waals surface area contributed by atoms with Crippen molar-refractivity contribution in [3.05, 3.63) is 99.8 Å². The van der Waals surface area contributed by atoms with Gasteiger partial charge >= 0.3 is 0 Å². The minimum absolute atomic E-state index is 0.201. The van der Waals surface area contributed by atoms with Crippen LogP contribution in [0, 0.1) is 0 Å². The molecule has 1 aliphatic carbocycles. The van der Waals surface area contributed by atoms with E-state index in [1.807, 2.05) is 42.5 Å². The number of amides is 1. The molecule has 4 aromatic rings. The van der Waals surface area contributed by atoms with E-state index in [2.05, 4.69) is 29.6 Å². The molecule has 3 aromatic carbocycles. The van der Waals surface area contributed by atoms with E-state index in [0.29, 0.717) is 5.56 Å². The number of anilines is 1. The molecule has 0 radical (unpaired) electrons. The number of carbonyl (C=O) groups is 1. The Labute approximate surface area is 162 Å². The maximum atomic E-state index is 13.0. The fraction of sp³-hybridized carbons (Fsp3) is 0.0833. The van der Waals surface area contributed by atoms with Crippen molar-refractivity contribution >= 4 is 22.5 Å². The molecule has 0 bridgehead atoms. The van der Waals surface area contributed by atoms with Crippen LogP contribution in [0.3, 0.4) is 0 Å². The molecule has 0 saturated carbocycles. The number of fused-ring (bicyclic) bond motifs is 4. The smallest absolute Gasteiger partial charge is 0.256 e. The summed E-state index contributed by atoms with van der Waals surface area (Å²) < 4.78 is 1.55. The summed E-state index contributed by atoms with van der Waals surface area (Å²) in [6.45, 7) is 0. The highest BCUT2D eigenvalue weighted by molar-refractivity contribution is 6.12. The van der Waals surface area contributed by atoms with Crippen LogP contribution in [-0.2, 0) is 13.5 Å². The van der Waals surface area contributed by atoms with Crippen LogP contribution in [0.2, 0.25) is 0 Å². The molecule has 1 amide bonds. The first-order valence-electron chi connectivity index (χ1n) is 9.23. The van der Waals surface area contributed by atoms with Gasteiger partial charge in [-0.25, -0.2) is 0 Å². The SMILES string of the molecule is Cn1c(=O)cc(C(=O)Nc2ccc3c(c2)Cc2ccccc2-3)c2ccccc21. The van der Waals surface area contributed by atoms with Crippen molar-refractivity contribution in [2.24, 2.45) is 7.05 Å². The third-order valence-electron chi connectivity index (χ3n) is 5.45. The second kappa shape index (κ2) is 6.20. The zero-order valence-corrected chi connectivity index (χ0v) is 15.4. The largest absolute Gasteiger partial charge is 0.322 e. The number of benzene rings is 3. The summed E-state index contributed by atoms with van der Waals surface area (Å²) >= 11 is 0. The Morgan fingerprint density at radius 2 is 1.64 bits per heavy atom. The molecule has 0 saturated heterocycles. The molecular formula is C24H18N2O2. The fourth-order valence-corrected chi connectivity index (χ4v) is 4.02. The van der Waals surface area contributed by atoms with Gasteiger partial charge in [0.1, 0.15) is 0 Å². The highest BCUT2D eigenvalue weighted by Gasteiger charge is 2.19. The molecule has 0 aliphatic heterocycles. The summed E-state index contributed by atoms with van der Waals surface area (Å²) in [6, 6.07) is 23.2. The summed E-state index contributed by atoms with van der Waals surface area (Å²) in [5.41, 5.74) is 6.65. The van der Waals surface area contributed by atoms with Gasteiger partial charge in [-0.3, -0.25) is 9.59 Å². The molecule has 0 fully saturated rings. The number of pyridine rings is 1. The molecule has 4 nitrogen and oxygen atoms in total. The Morgan fingerprint density at radius 1 is 0.893 bits per heavy atom. The predicted octanol–water partition coefficient (Wildman–Crippen LogP) is 4.36. The van der Waals surface area contributed by atoms with E-state index < -0.39 is 0 Å². The number of aromatic nitrogens is 1. The summed E-state index contributed by atoms with van der Waals surface area (Å²) in [5.74, 6) is -0.274. The van der Waals surface area contributed by atoms with Crippen molar-refractivity contribution in [2.45, 2.75) is 6.42 Å². The minimum Gasteiger partial charge on any atom is -0.322 e. The van der Waals surface area contributed by atoms with Gasteiger partial charge in [-0.2, -0.15) is 0 Å². The summed E-state index contributed by atoms with van der Waals surface area (Å²) in [6.07, 6.45) is 0.865. The lowest BCUT2D eigenvalue weighted by molar-refractivity contribution is 0.102. The van der Waals surface area contributed by atoms with Crippen molar-refractivity contribution in [2.75, 3.05) is 5.32 Å². The van der Waals surface area contributed by atoms with Gasteiger partial charge in [-0.1, -0.05) is 48.5 Å². The Morgan fingerprint density at radius 3 is 2.54 bits per heavy atom. The van der Waals surface area contributed by atoms with Crippen LogP contribution in [0.1, 0.15) is 21.5 Å². The predicted molar refractivity (Wildman–Crippen MR) is 112 cm³/mol. The number of hydrogen-bond acceptors (Lipinski definition) is 2. The average molecular weight is 366 g/mol. The maximum Gasteiger partial charge on any atom is 0.256 e. The lowest BCUT2D eigenvalue weighted by Gasteiger charge is -2.11. The van der Waals surface area contributed by atoms with Crippen molar-refractivity contribution in [1.29, 1.82) is 0 Å². The van der Waals surface area contributed by atoms with E-state index in [-0.39, 0.29) is 11.5 Å². The van der Waals surface area contributed by atoms with Crippen LogP contribution >= 0.6 is 0 Å². The number of hydrogen-bond donors (Lipinski definition) is 1. The van der Waals surface area contributed by atoms with Gasteiger partial charge in [0, 0.05) is 24.2 Å². The third-order valence-corrected chi connectivity index (χ3v) is 5.45. The monoisotopic (exact) mass is 366 g/mol. The van der Waals surface area contributed by atoms with Crippen LogP contribution in [-0.4, -0.2) is 10.5 Å². The highest BCUT2D eigenvalue weighted by Crippen LogP contribution is 2.37. The van der Waals surface area contributed by atoms with Crippen molar-refractivity contribution in [3.8, 4) is 11.1 Å². The zero-order valence-electron chi connectivity index (χ0n) is 15.4. The first-order chi connectivity index (χ1) is 13.6. The number of aryl methyl sites for hydroxylation is 1. The van der Waals surface area contributed by atoms with E-state index in [4.69, 9.17) is 0 Å². The number of rotatable bonds is 2. The van der Waals surface area contributed by atoms with E-state index >= 15 is 0 Å². The second-order valence-electron chi connectivity index (χ2n) is 7.13. The molecule has 1 heterocycles. The van der Waals surface area contributed by atoms with Crippen molar-refractivity contribution in [1.82, 2.24) is 4.57 Å². The van der Waals surface area contributed by atoms with Gasteiger partial charge in [0.05, 0.1) is 11.1 Å². The lowest BCUT2D eigenvalue weighted by atomic mass is 10.0. The number of carbonyl (C=O) groups excluding carboxylic acids is 1. The molecule has 28 heavy (non-hydrogen) atoms. The summed E-state index contributed by atoms with van der Waals surface area (Å²) in [7, 11) is 1.71. The molecule has 1 aliphatic rings. The lowest BCUT2D eigenvalue weighted by Crippen LogP contribution is -2.21. The van der Waals surface area contributed by atoms with Gasteiger partial charge in [0.15, 0.2) is 0 Å². The fourth-order valence-electron chi connectivity index (χ4n) is 4.02. The summed E-state index contributed by atoms with van der Waals surface area (Å²) in [4.78, 5) is 25.2. The normalized spacial score (nSPS) is 11.9. The minimum atomic E-state index is -0.274. The molecule has 4 heteroatoms. The first kappa shape index (κ1) is 16.5. The van der Waals surface area contributed by atoms with Crippen LogP contribution in [0.4, 0.5) is 5.69 Å². The van der Waals surface area contributed by atoms with Crippen molar-refractivity contribution < 1.29 is 4.79 Å². The Bertz CT molecular complexity index is 1320. The maximum absolute atomic E-state index is 13.0. The van der Waals surface area contributed by atoms with Gasteiger partial charge in [0.2, 0.25) is 0 Å². The van der Waals surface area contributed by atoms with E-state index in [0.717, 1.165) is 23.0 Å². The molecule has 136 valence electrons. The van der Waals surface area contributed by atoms with Gasteiger partial charge in [-0.15, -0.1) is 0 Å². The van der Waals surface area contributed by atoms with Gasteiger partial charge in [0.25, 0.3) is 11.5 Å². The Balaban J connectivity index is 1.51. The molecule has 1 N–H and O–H groups in total. The third kappa shape index (κ3) is 2.54. The quantitative estimate of drug-likeness (QED) is 0.505. The van der Waals surface area contributed by atoms with Crippen LogP contribution < -0.4 is 10.9 Å². The van der Waals surface area contributed by atoms with E-state index in [9.17, 15) is 9.59 Å².